The number of fused-ring (bicyclic) bond motifs is 1. The fraction of sp³-hybridized carbons (Fsp3) is 0.133. The lowest BCUT2D eigenvalue weighted by Crippen LogP contribution is -2.24. The Balaban J connectivity index is 1.72. The molecule has 3 rings (SSSR count). The number of aromatic nitrogens is 3. The highest BCUT2D eigenvalue weighted by atomic mass is 32.2. The van der Waals surface area contributed by atoms with Crippen LogP contribution >= 0.6 is 0 Å². The second-order valence-electron chi connectivity index (χ2n) is 5.18. The Bertz CT molecular complexity index is 997. The predicted octanol–water partition coefficient (Wildman–Crippen LogP) is 1.03. The Hall–Kier alpha value is -2.94. The van der Waals surface area contributed by atoms with Crippen LogP contribution in [0.25, 0.3) is 5.65 Å². The summed E-state index contributed by atoms with van der Waals surface area (Å²) in [7, 11) is -3.40. The molecule has 0 radical (unpaired) electrons. The van der Waals surface area contributed by atoms with Gasteiger partial charge in [-0.05, 0) is 30.3 Å². The van der Waals surface area contributed by atoms with Crippen LogP contribution in [0, 0.1) is 0 Å². The molecule has 0 aliphatic heterocycles. The van der Waals surface area contributed by atoms with Crippen LogP contribution in [-0.4, -0.2) is 35.2 Å². The molecule has 0 bridgehead atoms. The molecule has 0 fully saturated rings. The highest BCUT2D eigenvalue weighted by Crippen LogP contribution is 2.12. The third kappa shape index (κ3) is 3.69. The van der Waals surface area contributed by atoms with Crippen molar-refractivity contribution in [3.05, 3.63) is 60.0 Å². The van der Waals surface area contributed by atoms with Crippen LogP contribution in [0.4, 0.5) is 5.69 Å². The molecule has 124 valence electrons. The maximum Gasteiger partial charge on any atom is 0.251 e. The number of carbonyl (C=O) groups excluding carboxylic acids is 1. The van der Waals surface area contributed by atoms with Gasteiger partial charge in [-0.25, -0.2) is 8.42 Å². The molecule has 24 heavy (non-hydrogen) atoms. The van der Waals surface area contributed by atoms with Crippen LogP contribution in [0.2, 0.25) is 0 Å². The van der Waals surface area contributed by atoms with Gasteiger partial charge < -0.3 is 5.32 Å². The molecule has 0 aliphatic rings. The topological polar surface area (TPSA) is 105 Å². The summed E-state index contributed by atoms with van der Waals surface area (Å²) in [6.07, 6.45) is 2.86. The van der Waals surface area contributed by atoms with Crippen molar-refractivity contribution in [2.45, 2.75) is 6.54 Å². The number of carbonyl (C=O) groups is 1. The minimum absolute atomic E-state index is 0.202. The lowest BCUT2D eigenvalue weighted by molar-refractivity contribution is 0.0950. The van der Waals surface area contributed by atoms with Crippen molar-refractivity contribution in [3.63, 3.8) is 0 Å². The van der Waals surface area contributed by atoms with Crippen molar-refractivity contribution in [2.24, 2.45) is 0 Å². The van der Waals surface area contributed by atoms with E-state index in [1.165, 1.54) is 6.07 Å². The number of nitrogens with one attached hydrogen (secondary N) is 2. The zero-order chi connectivity index (χ0) is 17.2. The fourth-order valence-corrected chi connectivity index (χ4v) is 2.77. The molecule has 0 unspecified atom stereocenters. The molecule has 2 heterocycles. The van der Waals surface area contributed by atoms with E-state index in [-0.39, 0.29) is 12.5 Å². The van der Waals surface area contributed by atoms with Gasteiger partial charge in [0.05, 0.1) is 12.8 Å². The smallest absolute Gasteiger partial charge is 0.251 e. The number of pyridine rings is 1. The Morgan fingerprint density at radius 2 is 2.00 bits per heavy atom. The van der Waals surface area contributed by atoms with Gasteiger partial charge in [-0.3, -0.25) is 13.9 Å². The van der Waals surface area contributed by atoms with Crippen LogP contribution in [-0.2, 0) is 16.6 Å². The van der Waals surface area contributed by atoms with Crippen molar-refractivity contribution in [1.29, 1.82) is 0 Å². The fourth-order valence-electron chi connectivity index (χ4n) is 2.21. The number of rotatable bonds is 5. The van der Waals surface area contributed by atoms with Crippen LogP contribution < -0.4 is 10.0 Å². The lowest BCUT2D eigenvalue weighted by Gasteiger charge is -2.07. The number of nitrogens with zero attached hydrogens (tertiary/aromatic N) is 3. The summed E-state index contributed by atoms with van der Waals surface area (Å²) >= 11 is 0. The molecule has 0 saturated heterocycles. The summed E-state index contributed by atoms with van der Waals surface area (Å²) in [6, 6.07) is 11.8. The first-order valence-corrected chi connectivity index (χ1v) is 8.96. The van der Waals surface area contributed by atoms with Gasteiger partial charge in [0.15, 0.2) is 11.5 Å². The van der Waals surface area contributed by atoms with Gasteiger partial charge in [0.2, 0.25) is 10.0 Å². The first-order valence-electron chi connectivity index (χ1n) is 7.07. The third-order valence-electron chi connectivity index (χ3n) is 3.22. The summed E-state index contributed by atoms with van der Waals surface area (Å²) in [5.41, 5.74) is 1.37. The van der Waals surface area contributed by atoms with Crippen molar-refractivity contribution in [3.8, 4) is 0 Å². The maximum absolute atomic E-state index is 12.2. The van der Waals surface area contributed by atoms with E-state index in [9.17, 15) is 13.2 Å². The monoisotopic (exact) mass is 345 g/mol. The SMILES string of the molecule is CS(=O)(=O)Nc1cccc(C(=O)NCc2nnc3ccccn23)c1. The van der Waals surface area contributed by atoms with E-state index in [0.29, 0.717) is 22.7 Å². The third-order valence-corrected chi connectivity index (χ3v) is 3.83. The summed E-state index contributed by atoms with van der Waals surface area (Å²) < 4.78 is 26.6. The molecule has 9 heteroatoms. The molecule has 8 nitrogen and oxygen atoms in total. The van der Waals surface area contributed by atoms with Crippen molar-refractivity contribution >= 4 is 27.3 Å². The molecule has 1 aromatic carbocycles. The minimum Gasteiger partial charge on any atom is -0.345 e. The molecule has 3 aromatic rings. The summed E-state index contributed by atoms with van der Waals surface area (Å²) in [5, 5.41) is 10.8. The van der Waals surface area contributed by atoms with Crippen LogP contribution in [0.15, 0.2) is 48.7 Å². The maximum atomic E-state index is 12.2. The van der Waals surface area contributed by atoms with Crippen LogP contribution in [0.5, 0.6) is 0 Å². The molecule has 2 aromatic heterocycles. The van der Waals surface area contributed by atoms with Gasteiger partial charge in [-0.15, -0.1) is 10.2 Å². The van der Waals surface area contributed by atoms with Gasteiger partial charge in [0, 0.05) is 17.4 Å². The number of hydrogen-bond donors (Lipinski definition) is 2. The first-order chi connectivity index (χ1) is 11.4. The number of anilines is 1. The van der Waals surface area contributed by atoms with Crippen molar-refractivity contribution < 1.29 is 13.2 Å². The van der Waals surface area contributed by atoms with Crippen LogP contribution in [0.3, 0.4) is 0 Å². The van der Waals surface area contributed by atoms with E-state index in [1.54, 1.807) is 22.6 Å². The molecule has 1 amide bonds. The molecule has 0 aliphatic carbocycles. The highest BCUT2D eigenvalue weighted by molar-refractivity contribution is 7.92. The Kier molecular flexibility index (Phi) is 4.17. The normalized spacial score (nSPS) is 11.4. The summed E-state index contributed by atoms with van der Waals surface area (Å²) in [5.74, 6) is 0.268. The summed E-state index contributed by atoms with van der Waals surface area (Å²) in [4.78, 5) is 12.2. The first kappa shape index (κ1) is 15.9. The van der Waals surface area contributed by atoms with Crippen LogP contribution in [0.1, 0.15) is 16.2 Å². The minimum atomic E-state index is -3.40. The number of sulfonamides is 1. The quantitative estimate of drug-likeness (QED) is 0.718. The second-order valence-corrected chi connectivity index (χ2v) is 6.93. The predicted molar refractivity (Wildman–Crippen MR) is 89.1 cm³/mol. The van der Waals surface area contributed by atoms with Crippen molar-refractivity contribution in [1.82, 2.24) is 19.9 Å². The number of hydrogen-bond acceptors (Lipinski definition) is 5. The zero-order valence-electron chi connectivity index (χ0n) is 12.8. The van der Waals surface area contributed by atoms with E-state index < -0.39 is 10.0 Å². The van der Waals surface area contributed by atoms with E-state index in [2.05, 4.69) is 20.2 Å². The summed E-state index contributed by atoms with van der Waals surface area (Å²) in [6.45, 7) is 0.202. The standard InChI is InChI=1S/C15H15N5O3S/c1-24(22,23)19-12-6-4-5-11(9-12)15(21)16-10-14-18-17-13-7-2-3-8-20(13)14/h2-9,19H,10H2,1H3,(H,16,21). The second kappa shape index (κ2) is 6.28. The largest absolute Gasteiger partial charge is 0.345 e. The van der Waals surface area contributed by atoms with Gasteiger partial charge in [0.25, 0.3) is 5.91 Å². The molecular formula is C15H15N5O3S. The van der Waals surface area contributed by atoms with E-state index in [4.69, 9.17) is 0 Å². The molecule has 0 saturated carbocycles. The Labute approximate surface area is 138 Å². The lowest BCUT2D eigenvalue weighted by atomic mass is 10.2. The zero-order valence-corrected chi connectivity index (χ0v) is 13.6. The van der Waals surface area contributed by atoms with Gasteiger partial charge in [-0.1, -0.05) is 12.1 Å². The molecule has 0 spiro atoms. The number of amides is 1. The highest BCUT2D eigenvalue weighted by Gasteiger charge is 2.10. The average molecular weight is 345 g/mol. The Morgan fingerprint density at radius 3 is 2.79 bits per heavy atom. The van der Waals surface area contributed by atoms with E-state index in [0.717, 1.165) is 6.26 Å². The Morgan fingerprint density at radius 1 is 1.17 bits per heavy atom. The van der Waals surface area contributed by atoms with Gasteiger partial charge in [0.1, 0.15) is 0 Å². The average Bonchev–Trinajstić information content (AvgIpc) is 2.94. The van der Waals surface area contributed by atoms with Gasteiger partial charge >= 0.3 is 0 Å². The molecule has 2 N–H and O–H groups in total. The molecule has 0 atom stereocenters. The number of benzene rings is 1. The van der Waals surface area contributed by atoms with Gasteiger partial charge in [-0.2, -0.15) is 0 Å². The van der Waals surface area contributed by atoms with Crippen molar-refractivity contribution in [2.75, 3.05) is 11.0 Å². The van der Waals surface area contributed by atoms with E-state index in [1.807, 2.05) is 24.4 Å². The molecular weight excluding hydrogens is 330 g/mol. The van der Waals surface area contributed by atoms with E-state index >= 15 is 0 Å².